The molecule has 1 saturated heterocycles. The third-order valence-electron chi connectivity index (χ3n) is 4.31. The first-order chi connectivity index (χ1) is 11.4. The zero-order valence-electron chi connectivity index (χ0n) is 13.9. The highest BCUT2D eigenvalue weighted by molar-refractivity contribution is 7.91. The van der Waals surface area contributed by atoms with Crippen LogP contribution in [0.3, 0.4) is 0 Å². The summed E-state index contributed by atoms with van der Waals surface area (Å²) in [4.78, 5) is 14.3. The number of ether oxygens (including phenoxy) is 1. The van der Waals surface area contributed by atoms with Gasteiger partial charge in [-0.2, -0.15) is 5.26 Å². The van der Waals surface area contributed by atoms with Crippen LogP contribution in [0, 0.1) is 11.3 Å². The summed E-state index contributed by atoms with van der Waals surface area (Å²) in [5.74, 6) is 0.240. The molecule has 0 aromatic heterocycles. The molecular formula is C17H22N2O4S. The van der Waals surface area contributed by atoms with Gasteiger partial charge < -0.3 is 9.64 Å². The summed E-state index contributed by atoms with van der Waals surface area (Å²) in [5, 5.41) is 9.06. The molecule has 2 atom stereocenters. The molecule has 1 aliphatic heterocycles. The van der Waals surface area contributed by atoms with Crippen molar-refractivity contribution in [1.29, 1.82) is 5.26 Å². The van der Waals surface area contributed by atoms with E-state index >= 15 is 0 Å². The van der Waals surface area contributed by atoms with Crippen LogP contribution in [0.4, 0.5) is 0 Å². The Bertz CT molecular complexity index is 739. The number of rotatable bonds is 6. The Hall–Kier alpha value is -2.07. The zero-order chi connectivity index (χ0) is 17.7. The van der Waals surface area contributed by atoms with Crippen molar-refractivity contribution in [3.05, 3.63) is 29.8 Å². The minimum Gasteiger partial charge on any atom is -0.482 e. The van der Waals surface area contributed by atoms with Crippen LogP contribution in [0.15, 0.2) is 24.3 Å². The van der Waals surface area contributed by atoms with Crippen molar-refractivity contribution in [3.63, 3.8) is 0 Å². The van der Waals surface area contributed by atoms with Crippen molar-refractivity contribution in [3.8, 4) is 11.8 Å². The van der Waals surface area contributed by atoms with E-state index in [2.05, 4.69) is 0 Å². The van der Waals surface area contributed by atoms with Gasteiger partial charge in [0.05, 0.1) is 17.1 Å². The Kier molecular flexibility index (Phi) is 5.84. The van der Waals surface area contributed by atoms with E-state index in [1.165, 1.54) is 0 Å². The molecule has 1 aliphatic rings. The molecule has 2 rings (SSSR count). The van der Waals surface area contributed by atoms with E-state index in [1.807, 2.05) is 19.9 Å². The number of nitriles is 1. The van der Waals surface area contributed by atoms with Crippen LogP contribution in [0.25, 0.3) is 0 Å². The van der Waals surface area contributed by atoms with Gasteiger partial charge in [0.15, 0.2) is 16.4 Å². The first kappa shape index (κ1) is 18.3. The smallest absolute Gasteiger partial charge is 0.261 e. The van der Waals surface area contributed by atoms with E-state index in [4.69, 9.17) is 10.00 Å². The van der Waals surface area contributed by atoms with Crippen LogP contribution >= 0.6 is 0 Å². The number of para-hydroxylation sites is 1. The summed E-state index contributed by atoms with van der Waals surface area (Å²) >= 11 is 0. The van der Waals surface area contributed by atoms with Gasteiger partial charge in [0.25, 0.3) is 5.91 Å². The third-order valence-corrected chi connectivity index (χ3v) is 6.06. The number of sulfone groups is 1. The van der Waals surface area contributed by atoms with Crippen LogP contribution in [0.1, 0.15) is 32.3 Å². The lowest BCUT2D eigenvalue weighted by atomic mass is 10.1. The molecule has 1 aromatic rings. The lowest BCUT2D eigenvalue weighted by Crippen LogP contribution is -2.48. The molecule has 0 bridgehead atoms. The lowest BCUT2D eigenvalue weighted by molar-refractivity contribution is -0.137. The van der Waals surface area contributed by atoms with Gasteiger partial charge in [-0.1, -0.05) is 19.1 Å². The fourth-order valence-corrected chi connectivity index (χ4v) is 4.61. The van der Waals surface area contributed by atoms with Crippen molar-refractivity contribution in [2.45, 2.75) is 38.8 Å². The van der Waals surface area contributed by atoms with Gasteiger partial charge in [0.1, 0.15) is 11.8 Å². The van der Waals surface area contributed by atoms with Crippen molar-refractivity contribution in [2.24, 2.45) is 0 Å². The first-order valence-electron chi connectivity index (χ1n) is 8.01. The zero-order valence-corrected chi connectivity index (χ0v) is 14.8. The number of carbonyl (C=O) groups is 1. The Labute approximate surface area is 142 Å². The Morgan fingerprint density at radius 2 is 2.17 bits per heavy atom. The van der Waals surface area contributed by atoms with E-state index in [0.29, 0.717) is 17.7 Å². The molecule has 1 heterocycles. The molecule has 0 saturated carbocycles. The highest BCUT2D eigenvalue weighted by Crippen LogP contribution is 2.22. The van der Waals surface area contributed by atoms with Crippen molar-refractivity contribution in [1.82, 2.24) is 4.90 Å². The van der Waals surface area contributed by atoms with Crippen LogP contribution in [0.5, 0.6) is 5.75 Å². The fourth-order valence-electron chi connectivity index (χ4n) is 2.90. The quantitative estimate of drug-likeness (QED) is 0.780. The van der Waals surface area contributed by atoms with Gasteiger partial charge >= 0.3 is 0 Å². The monoisotopic (exact) mass is 350 g/mol. The Morgan fingerprint density at radius 1 is 1.46 bits per heavy atom. The van der Waals surface area contributed by atoms with E-state index in [9.17, 15) is 13.2 Å². The fraction of sp³-hybridized carbons (Fsp3) is 0.529. The average molecular weight is 350 g/mol. The Balaban J connectivity index is 2.10. The van der Waals surface area contributed by atoms with Crippen LogP contribution in [-0.4, -0.2) is 49.4 Å². The summed E-state index contributed by atoms with van der Waals surface area (Å²) in [6.45, 7) is 3.66. The molecule has 130 valence electrons. The molecule has 0 N–H and O–H groups in total. The molecule has 1 aromatic carbocycles. The maximum Gasteiger partial charge on any atom is 0.261 e. The van der Waals surface area contributed by atoms with Gasteiger partial charge in [-0.25, -0.2) is 8.42 Å². The highest BCUT2D eigenvalue weighted by Gasteiger charge is 2.36. The standard InChI is InChI=1S/C17H22N2O4S/c1-3-13(2)19(15-8-9-24(21,22)12-15)17(20)11-23-16-7-5-4-6-14(16)10-18/h4-7,13,15H,3,8-9,11-12H2,1-2H3/t13-,15-/m0/s1. The number of hydrogen-bond donors (Lipinski definition) is 0. The van der Waals surface area contributed by atoms with Gasteiger partial charge in [0, 0.05) is 12.1 Å². The lowest BCUT2D eigenvalue weighted by Gasteiger charge is -2.33. The number of hydrogen-bond acceptors (Lipinski definition) is 5. The normalized spacial score (nSPS) is 20.1. The van der Waals surface area contributed by atoms with Crippen LogP contribution < -0.4 is 4.74 Å². The van der Waals surface area contributed by atoms with Crippen molar-refractivity contribution >= 4 is 15.7 Å². The average Bonchev–Trinajstić information content (AvgIpc) is 2.92. The third kappa shape index (κ3) is 4.26. The van der Waals surface area contributed by atoms with Gasteiger partial charge in [-0.15, -0.1) is 0 Å². The van der Waals surface area contributed by atoms with E-state index in [-0.39, 0.29) is 36.1 Å². The SMILES string of the molecule is CC[C@H](C)N(C(=O)COc1ccccc1C#N)[C@H]1CCS(=O)(=O)C1. The molecular weight excluding hydrogens is 328 g/mol. The molecule has 1 amide bonds. The molecule has 0 spiro atoms. The number of carbonyl (C=O) groups excluding carboxylic acids is 1. The molecule has 1 fully saturated rings. The highest BCUT2D eigenvalue weighted by atomic mass is 32.2. The second-order valence-corrected chi connectivity index (χ2v) is 8.24. The maximum absolute atomic E-state index is 12.6. The van der Waals surface area contributed by atoms with Crippen LogP contribution in [0.2, 0.25) is 0 Å². The van der Waals surface area contributed by atoms with Gasteiger partial charge in [-0.3, -0.25) is 4.79 Å². The number of amides is 1. The topological polar surface area (TPSA) is 87.5 Å². The minimum absolute atomic E-state index is 0.0118. The van der Waals surface area contributed by atoms with E-state index in [0.717, 1.165) is 6.42 Å². The van der Waals surface area contributed by atoms with Crippen molar-refractivity contribution < 1.29 is 17.9 Å². The summed E-state index contributed by atoms with van der Waals surface area (Å²) < 4.78 is 29.0. The predicted octanol–water partition coefficient (Wildman–Crippen LogP) is 1.75. The molecule has 0 aliphatic carbocycles. The predicted molar refractivity (Wildman–Crippen MR) is 90.3 cm³/mol. The molecule has 6 nitrogen and oxygen atoms in total. The first-order valence-corrected chi connectivity index (χ1v) is 9.83. The van der Waals surface area contributed by atoms with E-state index in [1.54, 1.807) is 29.2 Å². The van der Waals surface area contributed by atoms with E-state index < -0.39 is 9.84 Å². The van der Waals surface area contributed by atoms with Crippen molar-refractivity contribution in [2.75, 3.05) is 18.1 Å². The Morgan fingerprint density at radius 3 is 2.75 bits per heavy atom. The summed E-state index contributed by atoms with van der Waals surface area (Å²) in [7, 11) is -3.07. The van der Waals surface area contributed by atoms with Gasteiger partial charge in [0.2, 0.25) is 0 Å². The largest absolute Gasteiger partial charge is 0.482 e. The summed E-state index contributed by atoms with van der Waals surface area (Å²) in [6.07, 6.45) is 1.20. The summed E-state index contributed by atoms with van der Waals surface area (Å²) in [6, 6.07) is 8.37. The number of benzene rings is 1. The summed E-state index contributed by atoms with van der Waals surface area (Å²) in [5.41, 5.74) is 0.365. The molecule has 0 unspecified atom stereocenters. The second-order valence-electron chi connectivity index (χ2n) is 6.01. The maximum atomic E-state index is 12.6. The molecule has 24 heavy (non-hydrogen) atoms. The van der Waals surface area contributed by atoms with Gasteiger partial charge in [-0.05, 0) is 31.9 Å². The number of nitrogens with zero attached hydrogens (tertiary/aromatic N) is 2. The minimum atomic E-state index is -3.07. The second kappa shape index (κ2) is 7.67. The molecule has 7 heteroatoms. The van der Waals surface area contributed by atoms with Crippen LogP contribution in [-0.2, 0) is 14.6 Å². The molecule has 0 radical (unpaired) electrons.